The van der Waals surface area contributed by atoms with E-state index in [0.29, 0.717) is 19.0 Å². The minimum Gasteiger partial charge on any atom is -0.394 e. The van der Waals surface area contributed by atoms with Gasteiger partial charge in [-0.1, -0.05) is 44.0 Å². The molecule has 23 heavy (non-hydrogen) atoms. The Morgan fingerprint density at radius 2 is 1.61 bits per heavy atom. The topological polar surface area (TPSA) is 35.5 Å². The molecule has 0 amide bonds. The second-order valence-corrected chi connectivity index (χ2v) is 9.81. The summed E-state index contributed by atoms with van der Waals surface area (Å²) in [7, 11) is -2.17. The molecule has 0 aliphatic heterocycles. The minimum atomic E-state index is -2.17. The van der Waals surface area contributed by atoms with E-state index in [4.69, 9.17) is 8.85 Å². The Morgan fingerprint density at radius 3 is 2.09 bits per heavy atom. The van der Waals surface area contributed by atoms with Crippen molar-refractivity contribution in [2.24, 2.45) is 5.92 Å². The molecule has 0 N–H and O–H groups in total. The molecule has 1 aromatic rings. The molecular weight excluding hydrogens is 304 g/mol. The molecule has 1 aliphatic rings. The van der Waals surface area contributed by atoms with Crippen LogP contribution < -0.4 is 0 Å². The number of carbonyl (C=O) groups excluding carboxylic acids is 1. The molecule has 1 saturated carbocycles. The highest BCUT2D eigenvalue weighted by atomic mass is 28.4. The standard InChI is InChI=1S/C19H30O3Si/c1-4-21-23(6-3,22-5-2)15-16-11-13-18(14-12-16)19(20)17-9-7-8-10-17/h11-14,17H,4-10,15H2,1-3H3. The number of hydrogen-bond acceptors (Lipinski definition) is 3. The van der Waals surface area contributed by atoms with Crippen LogP contribution in [0.5, 0.6) is 0 Å². The van der Waals surface area contributed by atoms with Crippen LogP contribution in [0.3, 0.4) is 0 Å². The third-order valence-electron chi connectivity index (χ3n) is 4.79. The van der Waals surface area contributed by atoms with Gasteiger partial charge in [0, 0.05) is 30.7 Å². The van der Waals surface area contributed by atoms with Crippen LogP contribution >= 0.6 is 0 Å². The SMILES string of the molecule is CCO[Si](CC)(Cc1ccc(C(=O)C2CCCC2)cc1)OCC. The molecule has 0 atom stereocenters. The quantitative estimate of drug-likeness (QED) is 0.486. The van der Waals surface area contributed by atoms with Crippen LogP contribution in [-0.4, -0.2) is 27.6 Å². The van der Waals surface area contributed by atoms with E-state index < -0.39 is 8.56 Å². The van der Waals surface area contributed by atoms with E-state index in [9.17, 15) is 4.79 Å². The number of benzene rings is 1. The second kappa shape index (κ2) is 8.76. The van der Waals surface area contributed by atoms with Gasteiger partial charge in [0.2, 0.25) is 0 Å². The summed E-state index contributed by atoms with van der Waals surface area (Å²) in [5.74, 6) is 0.569. The maximum absolute atomic E-state index is 12.5. The Kier molecular flexibility index (Phi) is 7.00. The molecule has 0 heterocycles. The number of rotatable bonds is 9. The first kappa shape index (κ1) is 18.4. The third kappa shape index (κ3) is 4.75. The zero-order valence-corrected chi connectivity index (χ0v) is 15.8. The van der Waals surface area contributed by atoms with Gasteiger partial charge in [-0.25, -0.2) is 0 Å². The number of hydrogen-bond donors (Lipinski definition) is 0. The Balaban J connectivity index is 2.07. The van der Waals surface area contributed by atoms with E-state index >= 15 is 0 Å². The van der Waals surface area contributed by atoms with E-state index in [1.807, 2.05) is 26.0 Å². The molecule has 0 spiro atoms. The highest BCUT2D eigenvalue weighted by Gasteiger charge is 2.35. The smallest absolute Gasteiger partial charge is 0.342 e. The van der Waals surface area contributed by atoms with E-state index in [1.54, 1.807) is 0 Å². The van der Waals surface area contributed by atoms with E-state index in [0.717, 1.165) is 30.5 Å². The normalized spacial score (nSPS) is 16.0. The molecular formula is C19H30O3Si. The van der Waals surface area contributed by atoms with Gasteiger partial charge in [-0.2, -0.15) is 0 Å². The van der Waals surface area contributed by atoms with Crippen molar-refractivity contribution in [1.29, 1.82) is 0 Å². The van der Waals surface area contributed by atoms with Crippen LogP contribution in [0.1, 0.15) is 62.4 Å². The van der Waals surface area contributed by atoms with Crippen LogP contribution in [0.4, 0.5) is 0 Å². The molecule has 1 aliphatic carbocycles. The van der Waals surface area contributed by atoms with Crippen LogP contribution in [0.25, 0.3) is 0 Å². The zero-order chi connectivity index (χ0) is 16.7. The highest BCUT2D eigenvalue weighted by molar-refractivity contribution is 6.66. The maximum atomic E-state index is 12.5. The fourth-order valence-electron chi connectivity index (χ4n) is 3.52. The molecule has 3 nitrogen and oxygen atoms in total. The summed E-state index contributed by atoms with van der Waals surface area (Å²) in [6.07, 6.45) is 4.51. The molecule has 1 fully saturated rings. The van der Waals surface area contributed by atoms with Gasteiger partial charge >= 0.3 is 8.56 Å². The lowest BCUT2D eigenvalue weighted by atomic mass is 9.96. The Hall–Kier alpha value is -0.973. The maximum Gasteiger partial charge on any atom is 0.342 e. The van der Waals surface area contributed by atoms with Gasteiger partial charge in [0.25, 0.3) is 0 Å². The molecule has 0 unspecified atom stereocenters. The Morgan fingerprint density at radius 1 is 1.04 bits per heavy atom. The van der Waals surface area contributed by atoms with Crippen molar-refractivity contribution in [2.45, 2.75) is 58.5 Å². The van der Waals surface area contributed by atoms with Crippen molar-refractivity contribution in [3.63, 3.8) is 0 Å². The summed E-state index contributed by atoms with van der Waals surface area (Å²) in [5.41, 5.74) is 2.07. The van der Waals surface area contributed by atoms with Crippen molar-refractivity contribution >= 4 is 14.3 Å². The van der Waals surface area contributed by atoms with Crippen molar-refractivity contribution in [2.75, 3.05) is 13.2 Å². The Bertz CT molecular complexity index is 486. The summed E-state index contributed by atoms with van der Waals surface area (Å²) in [5, 5.41) is 0. The summed E-state index contributed by atoms with van der Waals surface area (Å²) < 4.78 is 12.1. The van der Waals surface area contributed by atoms with Crippen molar-refractivity contribution < 1.29 is 13.6 Å². The van der Waals surface area contributed by atoms with E-state index in [1.165, 1.54) is 18.4 Å². The number of carbonyl (C=O) groups is 1. The molecule has 4 heteroatoms. The van der Waals surface area contributed by atoms with Gasteiger partial charge in [0.15, 0.2) is 5.78 Å². The lowest BCUT2D eigenvalue weighted by molar-refractivity contribution is 0.0923. The monoisotopic (exact) mass is 334 g/mol. The van der Waals surface area contributed by atoms with Gasteiger partial charge in [-0.15, -0.1) is 0 Å². The van der Waals surface area contributed by atoms with Gasteiger partial charge in [0.05, 0.1) is 0 Å². The van der Waals surface area contributed by atoms with E-state index in [2.05, 4.69) is 19.1 Å². The molecule has 0 radical (unpaired) electrons. The van der Waals surface area contributed by atoms with Gasteiger partial charge < -0.3 is 8.85 Å². The average Bonchev–Trinajstić information content (AvgIpc) is 3.10. The van der Waals surface area contributed by atoms with Crippen LogP contribution in [0, 0.1) is 5.92 Å². The fourth-order valence-corrected chi connectivity index (χ4v) is 6.38. The molecule has 2 rings (SSSR count). The molecule has 0 bridgehead atoms. The first-order valence-electron chi connectivity index (χ1n) is 9.05. The van der Waals surface area contributed by atoms with Crippen LogP contribution in [-0.2, 0) is 14.9 Å². The van der Waals surface area contributed by atoms with Crippen molar-refractivity contribution in [3.8, 4) is 0 Å². The average molecular weight is 335 g/mol. The lowest BCUT2D eigenvalue weighted by Gasteiger charge is -2.29. The van der Waals surface area contributed by atoms with Crippen molar-refractivity contribution in [1.82, 2.24) is 0 Å². The van der Waals surface area contributed by atoms with Gasteiger partial charge in [-0.05, 0) is 38.3 Å². The third-order valence-corrected chi connectivity index (χ3v) is 8.45. The molecule has 0 aromatic heterocycles. The second-order valence-electron chi connectivity index (χ2n) is 6.35. The largest absolute Gasteiger partial charge is 0.394 e. The first-order chi connectivity index (χ1) is 11.1. The number of Topliss-reactive ketones (excluding diaryl/α,β-unsaturated/α-hetero) is 1. The predicted molar refractivity (Wildman–Crippen MR) is 95.9 cm³/mol. The molecule has 1 aromatic carbocycles. The summed E-state index contributed by atoms with van der Waals surface area (Å²) in [6, 6.07) is 9.93. The molecule has 0 saturated heterocycles. The zero-order valence-electron chi connectivity index (χ0n) is 14.8. The first-order valence-corrected chi connectivity index (χ1v) is 11.3. The summed E-state index contributed by atoms with van der Waals surface area (Å²) in [6.45, 7) is 7.59. The van der Waals surface area contributed by atoms with Gasteiger partial charge in [-0.3, -0.25) is 4.79 Å². The van der Waals surface area contributed by atoms with Gasteiger partial charge in [0.1, 0.15) is 0 Å². The van der Waals surface area contributed by atoms with Crippen LogP contribution in [0.2, 0.25) is 6.04 Å². The lowest BCUT2D eigenvalue weighted by Crippen LogP contribution is -2.44. The van der Waals surface area contributed by atoms with Crippen molar-refractivity contribution in [3.05, 3.63) is 35.4 Å². The fraction of sp³-hybridized carbons (Fsp3) is 0.632. The van der Waals surface area contributed by atoms with Crippen LogP contribution in [0.15, 0.2) is 24.3 Å². The number of ketones is 1. The Labute approximate surface area is 141 Å². The summed E-state index contributed by atoms with van der Waals surface area (Å²) >= 11 is 0. The minimum absolute atomic E-state index is 0.247. The van der Waals surface area contributed by atoms with E-state index in [-0.39, 0.29) is 5.92 Å². The summed E-state index contributed by atoms with van der Waals surface area (Å²) in [4.78, 5) is 12.5. The predicted octanol–water partition coefficient (Wildman–Crippen LogP) is 4.68. The highest BCUT2D eigenvalue weighted by Crippen LogP contribution is 2.28. The molecule has 128 valence electrons.